The van der Waals surface area contributed by atoms with E-state index in [1.807, 2.05) is 46.7 Å². The molecule has 0 amide bonds. The van der Waals surface area contributed by atoms with Crippen LogP contribution in [0.1, 0.15) is 95.4 Å². The van der Waals surface area contributed by atoms with Gasteiger partial charge in [0.25, 0.3) is 0 Å². The van der Waals surface area contributed by atoms with E-state index in [0.29, 0.717) is 6.42 Å². The van der Waals surface area contributed by atoms with Gasteiger partial charge in [0.05, 0.1) is 53.4 Å². The van der Waals surface area contributed by atoms with Crippen molar-refractivity contribution in [2.24, 2.45) is 40.7 Å². The van der Waals surface area contributed by atoms with Crippen LogP contribution >= 0.6 is 0 Å². The van der Waals surface area contributed by atoms with Crippen molar-refractivity contribution in [3.8, 4) is 0 Å². The van der Waals surface area contributed by atoms with Crippen LogP contribution in [0.2, 0.25) is 0 Å². The van der Waals surface area contributed by atoms with Crippen molar-refractivity contribution in [2.75, 3.05) is 21.2 Å². The number of carbonyl (C=O) groups is 1. The smallest absolute Gasteiger partial charge is 0.311 e. The van der Waals surface area contributed by atoms with Gasteiger partial charge in [-0.05, 0) is 67.5 Å². The second-order valence-corrected chi connectivity index (χ2v) is 17.1. The molecule has 0 unspecified atom stereocenters. The Morgan fingerprint density at radius 1 is 0.904 bits per heavy atom. The van der Waals surface area contributed by atoms with Gasteiger partial charge in [0.15, 0.2) is 12.6 Å². The van der Waals surface area contributed by atoms with Crippen LogP contribution in [-0.4, -0.2) is 142 Å². The van der Waals surface area contributed by atoms with E-state index >= 15 is 0 Å². The molecule has 14 heteroatoms. The third-order valence-corrected chi connectivity index (χ3v) is 12.1. The summed E-state index contributed by atoms with van der Waals surface area (Å²) in [6.45, 7) is 19.7. The molecule has 0 saturated carbocycles. The van der Waals surface area contributed by atoms with Gasteiger partial charge in [-0.25, -0.2) is 0 Å². The molecule has 0 aromatic heterocycles. The van der Waals surface area contributed by atoms with Gasteiger partial charge in [0.1, 0.15) is 18.3 Å². The predicted octanol–water partition coefficient (Wildman–Crippen LogP) is 3.18. The molecule has 0 aromatic carbocycles. The van der Waals surface area contributed by atoms with Gasteiger partial charge < -0.3 is 59.0 Å². The lowest BCUT2D eigenvalue weighted by molar-refractivity contribution is -0.317. The van der Waals surface area contributed by atoms with Gasteiger partial charge in [-0.2, -0.15) is 0 Å². The van der Waals surface area contributed by atoms with Gasteiger partial charge in [0, 0.05) is 43.2 Å². The second kappa shape index (κ2) is 18.0. The summed E-state index contributed by atoms with van der Waals surface area (Å²) in [7, 11) is 5.25. The number of esters is 1. The number of aliphatic hydroxyl groups is 4. The molecule has 52 heavy (non-hydrogen) atoms. The first kappa shape index (κ1) is 44.9. The molecule has 3 saturated heterocycles. The molecule has 3 rings (SSSR count). The minimum Gasteiger partial charge on any atom is -0.461 e. The third kappa shape index (κ3) is 9.85. The van der Waals surface area contributed by atoms with Gasteiger partial charge in [0.2, 0.25) is 0 Å². The average molecular weight is 747 g/mol. The van der Waals surface area contributed by atoms with E-state index in [2.05, 4.69) is 5.16 Å². The van der Waals surface area contributed by atoms with E-state index in [4.69, 9.17) is 28.4 Å². The molecule has 0 aliphatic carbocycles. The van der Waals surface area contributed by atoms with Crippen LogP contribution in [0.5, 0.6) is 0 Å². The number of nitrogens with zero attached hydrogens (tertiary/aromatic N) is 2. The molecular weight excluding hydrogens is 676 g/mol. The predicted molar refractivity (Wildman–Crippen MR) is 194 cm³/mol. The summed E-state index contributed by atoms with van der Waals surface area (Å²) in [5.74, 6) is -4.23. The Morgan fingerprint density at radius 2 is 1.52 bits per heavy atom. The second-order valence-electron chi connectivity index (χ2n) is 17.1. The molecule has 3 fully saturated rings. The van der Waals surface area contributed by atoms with E-state index in [1.54, 1.807) is 48.5 Å². The zero-order valence-electron chi connectivity index (χ0n) is 33.9. The van der Waals surface area contributed by atoms with Crippen LogP contribution in [0, 0.1) is 35.5 Å². The first-order valence-electron chi connectivity index (χ1n) is 19.0. The Labute approximate surface area is 311 Å². The maximum absolute atomic E-state index is 14.2. The average Bonchev–Trinajstić information content (AvgIpc) is 3.06. The van der Waals surface area contributed by atoms with Crippen molar-refractivity contribution in [2.45, 2.75) is 174 Å². The number of ether oxygens (including phenoxy) is 6. The monoisotopic (exact) mass is 746 g/mol. The van der Waals surface area contributed by atoms with Gasteiger partial charge in [-0.15, -0.1) is 0 Å². The molecule has 0 spiro atoms. The summed E-state index contributed by atoms with van der Waals surface area (Å²) in [4.78, 5) is 16.2. The first-order valence-corrected chi connectivity index (χ1v) is 19.0. The van der Waals surface area contributed by atoms with Gasteiger partial charge in [-0.1, -0.05) is 46.7 Å². The minimum atomic E-state index is -1.70. The molecule has 3 aliphatic heterocycles. The lowest BCUT2D eigenvalue weighted by Crippen LogP contribution is -2.60. The number of carbonyl (C=O) groups excluding carboxylic acids is 1. The quantitative estimate of drug-likeness (QED) is 0.145. The molecule has 3 aliphatic rings. The summed E-state index contributed by atoms with van der Waals surface area (Å²) in [5, 5.41) is 60.5. The third-order valence-electron chi connectivity index (χ3n) is 12.1. The van der Waals surface area contributed by atoms with Crippen LogP contribution in [0.15, 0.2) is 5.16 Å². The molecule has 18 atom stereocenters. The lowest BCUT2D eigenvalue weighted by Gasteiger charge is -2.49. The molecule has 0 aromatic rings. The Bertz CT molecular complexity index is 1190. The zero-order valence-corrected chi connectivity index (χ0v) is 33.9. The van der Waals surface area contributed by atoms with Crippen LogP contribution in [0.3, 0.4) is 0 Å². The summed E-state index contributed by atoms with van der Waals surface area (Å²) >= 11 is 0. The molecule has 304 valence electrons. The maximum Gasteiger partial charge on any atom is 0.311 e. The molecular formula is C38H70N2O12. The van der Waals surface area contributed by atoms with Crippen LogP contribution in [0.25, 0.3) is 0 Å². The van der Waals surface area contributed by atoms with E-state index in [9.17, 15) is 30.4 Å². The van der Waals surface area contributed by atoms with Crippen LogP contribution in [-0.2, 0) is 33.2 Å². The highest BCUT2D eigenvalue weighted by Gasteiger charge is 2.52. The van der Waals surface area contributed by atoms with E-state index in [0.717, 1.165) is 0 Å². The number of oxime groups is 1. The number of aliphatic hydroxyl groups excluding tert-OH is 3. The normalized spacial score (nSPS) is 48.5. The Balaban J connectivity index is 2.20. The number of hydrogen-bond donors (Lipinski definition) is 5. The minimum absolute atomic E-state index is 0.0202. The summed E-state index contributed by atoms with van der Waals surface area (Å²) < 4.78 is 37.7. The van der Waals surface area contributed by atoms with Gasteiger partial charge in [-0.3, -0.25) is 4.79 Å². The topological polar surface area (TPSA) is 189 Å². The Hall–Kier alpha value is -1.46. The molecule has 0 radical (unpaired) electrons. The number of rotatable bonds is 7. The van der Waals surface area contributed by atoms with Crippen molar-refractivity contribution < 1.29 is 58.8 Å². The van der Waals surface area contributed by atoms with Crippen LogP contribution < -0.4 is 0 Å². The lowest BCUT2D eigenvalue weighted by atomic mass is 9.74. The number of methoxy groups -OCH3 is 1. The van der Waals surface area contributed by atoms with Crippen molar-refractivity contribution in [3.63, 3.8) is 0 Å². The maximum atomic E-state index is 14.2. The summed E-state index contributed by atoms with van der Waals surface area (Å²) in [5.41, 5.74) is -2.44. The molecule has 14 nitrogen and oxygen atoms in total. The van der Waals surface area contributed by atoms with Gasteiger partial charge >= 0.3 is 5.97 Å². The highest BCUT2D eigenvalue weighted by molar-refractivity contribution is 5.88. The van der Waals surface area contributed by atoms with E-state index in [1.165, 1.54) is 7.11 Å². The fraction of sp³-hybridized carbons (Fsp3) is 0.947. The van der Waals surface area contributed by atoms with E-state index in [-0.39, 0.29) is 36.6 Å². The van der Waals surface area contributed by atoms with Crippen molar-refractivity contribution >= 4 is 11.7 Å². The molecule has 5 N–H and O–H groups in total. The van der Waals surface area contributed by atoms with Crippen molar-refractivity contribution in [1.82, 2.24) is 4.90 Å². The summed E-state index contributed by atoms with van der Waals surface area (Å²) in [6, 6.07) is -0.298. The number of hydrogen-bond acceptors (Lipinski definition) is 14. The van der Waals surface area contributed by atoms with Crippen molar-refractivity contribution in [1.29, 1.82) is 0 Å². The highest BCUT2D eigenvalue weighted by atomic mass is 16.7. The van der Waals surface area contributed by atoms with Crippen molar-refractivity contribution in [3.05, 3.63) is 0 Å². The highest BCUT2D eigenvalue weighted by Crippen LogP contribution is 2.40. The summed E-state index contributed by atoms with van der Waals surface area (Å²) in [6.07, 6.45) is -8.23. The standard InChI is InChI=1S/C38H70N2O12/c1-18(2)31-22(6)29(41)21(5)28(39-46)19(3)16-37(10,45)34(52-36-30(42)26(40(12)13)15-20(4)48-36)23(7)32(24(8)35(44)51-31)50-27-17-38(11,47-14)33(43)25(9)49-27/h18-27,29-34,36,41-43,45-46H,15-17H2,1-14H3/b39-28-/t19-,20+,21+,22-,23+,24-,25+,26-,27+,29-,30+,31-,32+,33+,34-,36-,37-,38-/m1/s1. The van der Waals surface area contributed by atoms with E-state index < -0.39 is 102 Å². The Kier molecular flexibility index (Phi) is 15.5. The van der Waals surface area contributed by atoms with Crippen LogP contribution in [0.4, 0.5) is 0 Å². The zero-order chi connectivity index (χ0) is 39.6. The fourth-order valence-electron chi connectivity index (χ4n) is 8.80. The Morgan fingerprint density at radius 3 is 2.06 bits per heavy atom. The first-order chi connectivity index (χ1) is 24.0. The fourth-order valence-corrected chi connectivity index (χ4v) is 8.80. The molecule has 3 heterocycles. The largest absolute Gasteiger partial charge is 0.461 e. The number of cyclic esters (lactones) is 1. The SMILES string of the molecule is CO[C@]1(C)C[C@H](O[C@H]2[C@H](C)[C@@H](O[C@H]3O[C@@H](C)C[C@@H](N(C)C)[C@@H]3O)[C@](C)(O)C[C@@H](C)/C(=N/O)[C@H](C)[C@@H](O)[C@@H](C)[C@@H](C(C)C)OC(=O)[C@@H]2C)O[C@@H](C)[C@@H]1O. The molecule has 0 bridgehead atoms. The number of likely N-dealkylation sites (N-methyl/N-ethyl adjacent to an activating group) is 1.